The fourth-order valence-corrected chi connectivity index (χ4v) is 4.05. The molecule has 4 nitrogen and oxygen atoms in total. The normalized spacial score (nSPS) is 20.8. The van der Waals surface area contributed by atoms with Crippen LogP contribution < -0.4 is 16.2 Å². The van der Waals surface area contributed by atoms with Crippen molar-refractivity contribution in [3.05, 3.63) is 28.8 Å². The van der Waals surface area contributed by atoms with Crippen molar-refractivity contribution in [3.8, 4) is 0 Å². The standard InChI is InChI=1S/C19H31N3O/c1-7-8-16(18(23)21-20)22-17-10-13(3)12(2)9-15(17)14(4)11-19(22,5)6/h9-10,14,16H,7-8,11,20H2,1-6H3,(H,21,23)/t14-,16+/m0/s1. The molecule has 2 atom stereocenters. The molecule has 23 heavy (non-hydrogen) atoms. The van der Waals surface area contributed by atoms with Crippen molar-refractivity contribution in [1.82, 2.24) is 5.43 Å². The monoisotopic (exact) mass is 317 g/mol. The predicted molar refractivity (Wildman–Crippen MR) is 96.5 cm³/mol. The van der Waals surface area contributed by atoms with Gasteiger partial charge < -0.3 is 4.90 Å². The molecule has 0 bridgehead atoms. The molecule has 0 spiro atoms. The maximum absolute atomic E-state index is 12.5. The van der Waals surface area contributed by atoms with Crippen LogP contribution in [0.4, 0.5) is 5.69 Å². The smallest absolute Gasteiger partial charge is 0.256 e. The molecule has 4 heteroatoms. The fourth-order valence-electron chi connectivity index (χ4n) is 4.05. The summed E-state index contributed by atoms with van der Waals surface area (Å²) < 4.78 is 0. The van der Waals surface area contributed by atoms with E-state index in [-0.39, 0.29) is 17.5 Å². The van der Waals surface area contributed by atoms with E-state index in [2.05, 4.69) is 64.0 Å². The third-order valence-electron chi connectivity index (χ3n) is 5.21. The van der Waals surface area contributed by atoms with Gasteiger partial charge in [-0.2, -0.15) is 0 Å². The minimum atomic E-state index is -0.228. The van der Waals surface area contributed by atoms with E-state index in [1.807, 2.05) is 0 Å². The minimum Gasteiger partial charge on any atom is -0.354 e. The lowest BCUT2D eigenvalue weighted by Crippen LogP contribution is -2.59. The molecule has 0 radical (unpaired) electrons. The van der Waals surface area contributed by atoms with Crippen LogP contribution in [0.5, 0.6) is 0 Å². The Balaban J connectivity index is 2.62. The van der Waals surface area contributed by atoms with Crippen LogP contribution in [0.25, 0.3) is 0 Å². The van der Waals surface area contributed by atoms with Crippen molar-refractivity contribution in [3.63, 3.8) is 0 Å². The van der Waals surface area contributed by atoms with Crippen molar-refractivity contribution in [2.75, 3.05) is 4.90 Å². The number of anilines is 1. The second-order valence-electron chi connectivity index (χ2n) is 7.60. The summed E-state index contributed by atoms with van der Waals surface area (Å²) in [5.41, 5.74) is 7.41. The molecule has 1 heterocycles. The Bertz CT molecular complexity index is 595. The molecule has 0 saturated heterocycles. The SMILES string of the molecule is CCC[C@H](C(=O)NN)N1c2cc(C)c(C)cc2[C@@H](C)CC1(C)C. The molecule has 0 saturated carbocycles. The number of nitrogens with two attached hydrogens (primary N) is 1. The highest BCUT2D eigenvalue weighted by Crippen LogP contribution is 2.45. The van der Waals surface area contributed by atoms with Gasteiger partial charge in [-0.15, -0.1) is 0 Å². The number of nitrogens with zero attached hydrogens (tertiary/aromatic N) is 1. The van der Waals surface area contributed by atoms with Crippen LogP contribution >= 0.6 is 0 Å². The molecule has 3 N–H and O–H groups in total. The number of hydrogen-bond donors (Lipinski definition) is 2. The second-order valence-corrected chi connectivity index (χ2v) is 7.60. The molecule has 0 aromatic heterocycles. The Labute approximate surface area is 140 Å². The van der Waals surface area contributed by atoms with E-state index in [1.54, 1.807) is 0 Å². The number of rotatable bonds is 4. The zero-order valence-electron chi connectivity index (χ0n) is 15.4. The van der Waals surface area contributed by atoms with Gasteiger partial charge in [0.2, 0.25) is 0 Å². The molecule has 1 aromatic carbocycles. The van der Waals surface area contributed by atoms with Gasteiger partial charge in [-0.3, -0.25) is 10.2 Å². The predicted octanol–water partition coefficient (Wildman–Crippen LogP) is 3.55. The molecule has 1 aromatic rings. The van der Waals surface area contributed by atoms with Gasteiger partial charge in [-0.1, -0.05) is 26.3 Å². The Morgan fingerprint density at radius 1 is 1.39 bits per heavy atom. The Morgan fingerprint density at radius 2 is 2.00 bits per heavy atom. The quantitative estimate of drug-likeness (QED) is 0.507. The molecule has 128 valence electrons. The van der Waals surface area contributed by atoms with Gasteiger partial charge in [0.15, 0.2) is 0 Å². The fraction of sp³-hybridized carbons (Fsp3) is 0.632. The molecule has 0 unspecified atom stereocenters. The summed E-state index contributed by atoms with van der Waals surface area (Å²) in [6.45, 7) is 13.1. The van der Waals surface area contributed by atoms with Gasteiger partial charge in [0, 0.05) is 11.2 Å². The van der Waals surface area contributed by atoms with Crippen LogP contribution in [-0.2, 0) is 4.79 Å². The summed E-state index contributed by atoms with van der Waals surface area (Å²) in [7, 11) is 0. The molecule has 0 fully saturated rings. The van der Waals surface area contributed by atoms with Gasteiger partial charge in [0.25, 0.3) is 5.91 Å². The van der Waals surface area contributed by atoms with Gasteiger partial charge in [0.1, 0.15) is 6.04 Å². The summed E-state index contributed by atoms with van der Waals surface area (Å²) in [6.07, 6.45) is 2.77. The summed E-state index contributed by atoms with van der Waals surface area (Å²) in [4.78, 5) is 14.8. The van der Waals surface area contributed by atoms with E-state index in [0.29, 0.717) is 5.92 Å². The zero-order chi connectivity index (χ0) is 17.4. The third-order valence-corrected chi connectivity index (χ3v) is 5.21. The van der Waals surface area contributed by atoms with Crippen LogP contribution in [0.1, 0.15) is 69.6 Å². The number of hydrazine groups is 1. The highest BCUT2D eigenvalue weighted by atomic mass is 16.2. The van der Waals surface area contributed by atoms with Gasteiger partial charge in [-0.05, 0) is 69.2 Å². The number of fused-ring (bicyclic) bond motifs is 1. The Morgan fingerprint density at radius 3 is 2.57 bits per heavy atom. The lowest BCUT2D eigenvalue weighted by molar-refractivity contribution is -0.123. The van der Waals surface area contributed by atoms with Crippen LogP contribution in [-0.4, -0.2) is 17.5 Å². The first-order valence-corrected chi connectivity index (χ1v) is 8.63. The summed E-state index contributed by atoms with van der Waals surface area (Å²) in [6, 6.07) is 4.31. The molecule has 1 amide bonds. The number of nitrogens with one attached hydrogen (secondary N) is 1. The lowest BCUT2D eigenvalue weighted by atomic mass is 9.77. The van der Waals surface area contributed by atoms with Crippen molar-refractivity contribution in [2.24, 2.45) is 5.84 Å². The molecular formula is C19H31N3O. The lowest BCUT2D eigenvalue weighted by Gasteiger charge is -2.51. The largest absolute Gasteiger partial charge is 0.354 e. The highest BCUT2D eigenvalue weighted by molar-refractivity contribution is 5.86. The first kappa shape index (κ1) is 17.8. The van der Waals surface area contributed by atoms with Crippen molar-refractivity contribution in [1.29, 1.82) is 0 Å². The highest BCUT2D eigenvalue weighted by Gasteiger charge is 2.42. The minimum absolute atomic E-state index is 0.0829. The maximum Gasteiger partial charge on any atom is 0.256 e. The first-order chi connectivity index (χ1) is 10.7. The van der Waals surface area contributed by atoms with Crippen LogP contribution in [0.2, 0.25) is 0 Å². The average Bonchev–Trinajstić information content (AvgIpc) is 2.47. The zero-order valence-corrected chi connectivity index (χ0v) is 15.4. The molecule has 0 aliphatic carbocycles. The molecular weight excluding hydrogens is 286 g/mol. The number of carbonyl (C=O) groups excluding carboxylic acids is 1. The topological polar surface area (TPSA) is 58.4 Å². The van der Waals surface area contributed by atoms with Gasteiger partial charge in [0.05, 0.1) is 0 Å². The van der Waals surface area contributed by atoms with Crippen molar-refractivity contribution < 1.29 is 4.79 Å². The van der Waals surface area contributed by atoms with Gasteiger partial charge >= 0.3 is 0 Å². The van der Waals surface area contributed by atoms with E-state index < -0.39 is 0 Å². The number of benzene rings is 1. The van der Waals surface area contributed by atoms with E-state index in [1.165, 1.54) is 22.4 Å². The van der Waals surface area contributed by atoms with E-state index in [0.717, 1.165) is 19.3 Å². The second kappa shape index (κ2) is 6.52. The number of hydrogen-bond acceptors (Lipinski definition) is 3. The van der Waals surface area contributed by atoms with Crippen LogP contribution in [0, 0.1) is 13.8 Å². The first-order valence-electron chi connectivity index (χ1n) is 8.63. The average molecular weight is 317 g/mol. The van der Waals surface area contributed by atoms with Crippen LogP contribution in [0.15, 0.2) is 12.1 Å². The maximum atomic E-state index is 12.5. The van der Waals surface area contributed by atoms with E-state index >= 15 is 0 Å². The molecule has 2 rings (SSSR count). The number of carbonyl (C=O) groups is 1. The van der Waals surface area contributed by atoms with E-state index in [9.17, 15) is 4.79 Å². The number of aryl methyl sites for hydroxylation is 2. The third kappa shape index (κ3) is 3.23. The summed E-state index contributed by atoms with van der Waals surface area (Å²) in [5.74, 6) is 5.86. The Hall–Kier alpha value is -1.55. The Kier molecular flexibility index (Phi) is 5.04. The van der Waals surface area contributed by atoms with Crippen molar-refractivity contribution in [2.45, 2.75) is 78.3 Å². The van der Waals surface area contributed by atoms with E-state index in [4.69, 9.17) is 5.84 Å². The van der Waals surface area contributed by atoms with Crippen LogP contribution in [0.3, 0.4) is 0 Å². The van der Waals surface area contributed by atoms with Crippen molar-refractivity contribution >= 4 is 11.6 Å². The summed E-state index contributed by atoms with van der Waals surface area (Å²) >= 11 is 0. The van der Waals surface area contributed by atoms with Gasteiger partial charge in [-0.25, -0.2) is 5.84 Å². The molecule has 1 aliphatic heterocycles. The molecule has 1 aliphatic rings. The summed E-state index contributed by atoms with van der Waals surface area (Å²) in [5, 5.41) is 0. The number of amides is 1.